The van der Waals surface area contributed by atoms with E-state index in [-0.39, 0.29) is 5.91 Å². The largest absolute Gasteiger partial charge is 0.490 e. The minimum atomic E-state index is -0.361. The standard InChI is InChI=1S/C16H25N3O4S/c1-5-17-16(24)19-18-15(20)11-9-12(21-6-2)14(23-8-4)13(10-11)22-7-3/h9-10H,5-8H2,1-4H3,(H,18,20)(H2,17,19,24). The molecule has 0 saturated carbocycles. The summed E-state index contributed by atoms with van der Waals surface area (Å²) in [6.45, 7) is 9.51. The smallest absolute Gasteiger partial charge is 0.269 e. The van der Waals surface area contributed by atoms with Gasteiger partial charge in [-0.05, 0) is 52.0 Å². The van der Waals surface area contributed by atoms with Gasteiger partial charge < -0.3 is 19.5 Å². The van der Waals surface area contributed by atoms with Crippen LogP contribution in [0.25, 0.3) is 0 Å². The van der Waals surface area contributed by atoms with Crippen LogP contribution in [0.4, 0.5) is 0 Å². The minimum Gasteiger partial charge on any atom is -0.490 e. The Hall–Kier alpha value is -2.22. The highest BCUT2D eigenvalue weighted by Crippen LogP contribution is 2.39. The van der Waals surface area contributed by atoms with Crippen molar-refractivity contribution in [3.8, 4) is 17.2 Å². The van der Waals surface area contributed by atoms with Crippen LogP contribution in [-0.2, 0) is 0 Å². The van der Waals surface area contributed by atoms with Crippen molar-refractivity contribution in [2.45, 2.75) is 27.7 Å². The summed E-state index contributed by atoms with van der Waals surface area (Å²) in [5.41, 5.74) is 5.53. The first-order chi connectivity index (χ1) is 11.6. The molecule has 134 valence electrons. The van der Waals surface area contributed by atoms with E-state index in [1.54, 1.807) is 12.1 Å². The Bertz CT molecular complexity index is 539. The molecule has 0 aromatic heterocycles. The monoisotopic (exact) mass is 355 g/mol. The quantitative estimate of drug-likeness (QED) is 0.486. The van der Waals surface area contributed by atoms with Gasteiger partial charge in [0.2, 0.25) is 5.75 Å². The van der Waals surface area contributed by atoms with Gasteiger partial charge in [-0.15, -0.1) is 0 Å². The summed E-state index contributed by atoms with van der Waals surface area (Å²) in [6, 6.07) is 3.23. The van der Waals surface area contributed by atoms with Gasteiger partial charge in [-0.2, -0.15) is 0 Å². The van der Waals surface area contributed by atoms with Crippen LogP contribution in [0.5, 0.6) is 17.2 Å². The fourth-order valence-electron chi connectivity index (χ4n) is 1.91. The Kier molecular flexibility index (Phi) is 8.70. The lowest BCUT2D eigenvalue weighted by Gasteiger charge is -2.17. The third-order valence-corrected chi connectivity index (χ3v) is 3.04. The van der Waals surface area contributed by atoms with Gasteiger partial charge >= 0.3 is 0 Å². The summed E-state index contributed by atoms with van der Waals surface area (Å²) in [5.74, 6) is 1.06. The maximum Gasteiger partial charge on any atom is 0.269 e. The average Bonchev–Trinajstić information content (AvgIpc) is 2.56. The average molecular weight is 355 g/mol. The van der Waals surface area contributed by atoms with Gasteiger partial charge in [0.1, 0.15) is 0 Å². The van der Waals surface area contributed by atoms with Crippen LogP contribution in [0.3, 0.4) is 0 Å². The number of carbonyl (C=O) groups excluding carboxylic acids is 1. The lowest BCUT2D eigenvalue weighted by molar-refractivity contribution is 0.0942. The van der Waals surface area contributed by atoms with Crippen LogP contribution in [0.1, 0.15) is 38.1 Å². The summed E-state index contributed by atoms with van der Waals surface area (Å²) in [5, 5.41) is 3.22. The predicted octanol–water partition coefficient (Wildman–Crippen LogP) is 2.01. The minimum absolute atomic E-state index is 0.340. The maximum absolute atomic E-state index is 12.3. The number of nitrogens with one attached hydrogen (secondary N) is 3. The third kappa shape index (κ3) is 5.77. The molecule has 24 heavy (non-hydrogen) atoms. The van der Waals surface area contributed by atoms with Crippen molar-refractivity contribution in [1.82, 2.24) is 16.2 Å². The first-order valence-electron chi connectivity index (χ1n) is 7.97. The van der Waals surface area contributed by atoms with E-state index in [1.807, 2.05) is 27.7 Å². The fraction of sp³-hybridized carbons (Fsp3) is 0.500. The number of benzene rings is 1. The summed E-state index contributed by atoms with van der Waals surface area (Å²) in [6.07, 6.45) is 0. The molecule has 0 aliphatic carbocycles. The molecule has 0 atom stereocenters. The van der Waals surface area contributed by atoms with Crippen molar-refractivity contribution in [2.24, 2.45) is 0 Å². The third-order valence-electron chi connectivity index (χ3n) is 2.80. The van der Waals surface area contributed by atoms with Crippen LogP contribution in [0.15, 0.2) is 12.1 Å². The number of hydrazine groups is 1. The SMILES string of the molecule is CCNC(=S)NNC(=O)c1cc(OCC)c(OCC)c(OCC)c1. The molecule has 0 radical (unpaired) electrons. The Morgan fingerprint density at radius 2 is 1.50 bits per heavy atom. The number of carbonyl (C=O) groups is 1. The van der Waals surface area contributed by atoms with Gasteiger partial charge in [0.15, 0.2) is 16.6 Å². The summed E-state index contributed by atoms with van der Waals surface area (Å²) >= 11 is 5.01. The molecule has 8 heteroatoms. The van der Waals surface area contributed by atoms with Gasteiger partial charge in [0, 0.05) is 12.1 Å². The molecular formula is C16H25N3O4S. The van der Waals surface area contributed by atoms with Crippen molar-refractivity contribution in [1.29, 1.82) is 0 Å². The summed E-state index contributed by atoms with van der Waals surface area (Å²) in [7, 11) is 0. The molecule has 0 aliphatic heterocycles. The molecule has 3 N–H and O–H groups in total. The van der Waals surface area contributed by atoms with Gasteiger partial charge in [-0.1, -0.05) is 0 Å². The van der Waals surface area contributed by atoms with Crippen LogP contribution >= 0.6 is 12.2 Å². The van der Waals surface area contributed by atoms with Crippen molar-refractivity contribution >= 4 is 23.2 Å². The van der Waals surface area contributed by atoms with E-state index < -0.39 is 0 Å². The molecule has 0 unspecified atom stereocenters. The van der Waals surface area contributed by atoms with E-state index >= 15 is 0 Å². The van der Waals surface area contributed by atoms with E-state index in [2.05, 4.69) is 16.2 Å². The molecule has 0 fully saturated rings. The zero-order valence-electron chi connectivity index (χ0n) is 14.5. The lowest BCUT2D eigenvalue weighted by atomic mass is 10.1. The molecule has 0 spiro atoms. The number of thiocarbonyl (C=S) groups is 1. The first-order valence-corrected chi connectivity index (χ1v) is 8.38. The van der Waals surface area contributed by atoms with E-state index in [4.69, 9.17) is 26.4 Å². The van der Waals surface area contributed by atoms with Crippen LogP contribution in [-0.4, -0.2) is 37.4 Å². The second-order valence-electron chi connectivity index (χ2n) is 4.54. The highest BCUT2D eigenvalue weighted by molar-refractivity contribution is 7.80. The Morgan fingerprint density at radius 1 is 0.958 bits per heavy atom. The normalized spacial score (nSPS) is 9.83. The number of hydrogen-bond acceptors (Lipinski definition) is 5. The molecule has 1 aromatic carbocycles. The van der Waals surface area contributed by atoms with Gasteiger partial charge in [-0.3, -0.25) is 15.6 Å². The predicted molar refractivity (Wildman–Crippen MR) is 96.8 cm³/mol. The maximum atomic E-state index is 12.3. The Morgan fingerprint density at radius 3 is 1.96 bits per heavy atom. The van der Waals surface area contributed by atoms with E-state index in [9.17, 15) is 4.79 Å². The second-order valence-corrected chi connectivity index (χ2v) is 4.95. The lowest BCUT2D eigenvalue weighted by Crippen LogP contribution is -2.46. The molecule has 7 nitrogen and oxygen atoms in total. The van der Waals surface area contributed by atoms with Gasteiger partial charge in [0.25, 0.3) is 5.91 Å². The second kappa shape index (κ2) is 10.5. The van der Waals surface area contributed by atoms with Crippen molar-refractivity contribution in [3.05, 3.63) is 17.7 Å². The van der Waals surface area contributed by atoms with Crippen molar-refractivity contribution in [3.63, 3.8) is 0 Å². The highest BCUT2D eigenvalue weighted by Gasteiger charge is 2.18. The first kappa shape index (κ1) is 19.8. The summed E-state index contributed by atoms with van der Waals surface area (Å²) < 4.78 is 16.8. The Balaban J connectivity index is 3.04. The zero-order chi connectivity index (χ0) is 17.9. The molecular weight excluding hydrogens is 330 g/mol. The van der Waals surface area contributed by atoms with Crippen molar-refractivity contribution < 1.29 is 19.0 Å². The zero-order valence-corrected chi connectivity index (χ0v) is 15.3. The fourth-order valence-corrected chi connectivity index (χ4v) is 2.11. The summed E-state index contributed by atoms with van der Waals surface area (Å²) in [4.78, 5) is 12.3. The van der Waals surface area contributed by atoms with E-state index in [0.29, 0.717) is 54.3 Å². The number of hydrogen-bond donors (Lipinski definition) is 3. The van der Waals surface area contributed by atoms with E-state index in [1.165, 1.54) is 0 Å². The molecule has 1 rings (SSSR count). The molecule has 1 aromatic rings. The molecule has 0 heterocycles. The molecule has 0 saturated heterocycles. The van der Waals surface area contributed by atoms with Crippen LogP contribution in [0.2, 0.25) is 0 Å². The number of amides is 1. The van der Waals surface area contributed by atoms with Crippen molar-refractivity contribution in [2.75, 3.05) is 26.4 Å². The Labute approximate surface area is 148 Å². The van der Waals surface area contributed by atoms with E-state index in [0.717, 1.165) is 0 Å². The highest BCUT2D eigenvalue weighted by atomic mass is 32.1. The molecule has 0 bridgehead atoms. The number of ether oxygens (including phenoxy) is 3. The topological polar surface area (TPSA) is 80.9 Å². The van der Waals surface area contributed by atoms with Crippen LogP contribution in [0, 0.1) is 0 Å². The van der Waals surface area contributed by atoms with Gasteiger partial charge in [0.05, 0.1) is 19.8 Å². The van der Waals surface area contributed by atoms with Gasteiger partial charge in [-0.25, -0.2) is 0 Å². The molecule has 1 amide bonds. The molecule has 0 aliphatic rings. The van der Waals surface area contributed by atoms with Crippen LogP contribution < -0.4 is 30.4 Å². The number of rotatable bonds is 8.